The van der Waals surface area contributed by atoms with Gasteiger partial charge in [0.2, 0.25) is 0 Å². The Balaban J connectivity index is 1.19. The van der Waals surface area contributed by atoms with Gasteiger partial charge in [0, 0.05) is 50.6 Å². The Labute approximate surface area is 278 Å². The zero-order valence-corrected chi connectivity index (χ0v) is 28.1. The normalized spacial score (nSPS) is 20.8. The van der Waals surface area contributed by atoms with Gasteiger partial charge in [-0.05, 0) is 52.4 Å². The molecule has 6 rings (SSSR count). The molecule has 1 aromatic carbocycles. The second kappa shape index (κ2) is 13.2. The summed E-state index contributed by atoms with van der Waals surface area (Å²) in [5.41, 5.74) is 1.07. The lowest BCUT2D eigenvalue weighted by Gasteiger charge is -2.32. The molecule has 4 heterocycles. The Morgan fingerprint density at radius 3 is 2.53 bits per heavy atom. The topological polar surface area (TPSA) is 137 Å². The van der Waals surface area contributed by atoms with Gasteiger partial charge < -0.3 is 29.2 Å². The summed E-state index contributed by atoms with van der Waals surface area (Å²) in [6.07, 6.45) is 2.77. The highest BCUT2D eigenvalue weighted by atomic mass is 35.5. The number of pyridine rings is 1. The van der Waals surface area contributed by atoms with Crippen LogP contribution in [0.4, 0.5) is 10.5 Å². The van der Waals surface area contributed by atoms with E-state index in [9.17, 15) is 14.4 Å². The first-order valence-corrected chi connectivity index (χ1v) is 16.4. The number of benzene rings is 1. The van der Waals surface area contributed by atoms with Crippen molar-refractivity contribution in [2.24, 2.45) is 17.8 Å². The van der Waals surface area contributed by atoms with Crippen molar-refractivity contribution in [1.82, 2.24) is 25.0 Å². The van der Waals surface area contributed by atoms with Gasteiger partial charge in [-0.25, -0.2) is 14.5 Å². The fourth-order valence-corrected chi connectivity index (χ4v) is 7.00. The number of likely N-dealkylation sites (tertiary alicyclic amines) is 1. The van der Waals surface area contributed by atoms with Gasteiger partial charge >= 0.3 is 12.1 Å². The zero-order valence-electron chi connectivity index (χ0n) is 27.4. The molecule has 1 unspecified atom stereocenters. The Hall–Kier alpha value is -4.10. The van der Waals surface area contributed by atoms with Crippen molar-refractivity contribution in [3.63, 3.8) is 0 Å². The predicted molar refractivity (Wildman–Crippen MR) is 175 cm³/mol. The number of amides is 2. The number of aromatic nitrogens is 3. The van der Waals surface area contributed by atoms with E-state index in [1.807, 2.05) is 27.7 Å². The third kappa shape index (κ3) is 6.82. The summed E-state index contributed by atoms with van der Waals surface area (Å²) >= 11 is 6.30. The molecule has 1 saturated carbocycles. The molecule has 47 heavy (non-hydrogen) atoms. The molecule has 0 spiro atoms. The Bertz CT molecular complexity index is 1670. The molecule has 3 aliphatic rings. The maximum Gasteiger partial charge on any atom is 0.415 e. The molecule has 2 fully saturated rings. The molecule has 3 atom stereocenters. The van der Waals surface area contributed by atoms with E-state index in [0.29, 0.717) is 71.9 Å². The lowest BCUT2D eigenvalue weighted by atomic mass is 10.0. The van der Waals surface area contributed by atoms with E-state index in [4.69, 9.17) is 35.6 Å². The van der Waals surface area contributed by atoms with Crippen molar-refractivity contribution in [2.45, 2.75) is 46.1 Å². The second-order valence-corrected chi connectivity index (χ2v) is 13.6. The Morgan fingerprint density at radius 1 is 1.11 bits per heavy atom. The third-order valence-electron chi connectivity index (χ3n) is 8.87. The van der Waals surface area contributed by atoms with Crippen molar-refractivity contribution in [1.29, 1.82) is 0 Å². The summed E-state index contributed by atoms with van der Waals surface area (Å²) < 4.78 is 24.1. The minimum atomic E-state index is -0.666. The third-order valence-corrected chi connectivity index (χ3v) is 9.08. The van der Waals surface area contributed by atoms with Gasteiger partial charge in [-0.3, -0.25) is 14.5 Å². The first-order valence-electron chi connectivity index (χ1n) is 16.0. The highest BCUT2D eigenvalue weighted by Crippen LogP contribution is 2.43. The average Bonchev–Trinajstić information content (AvgIpc) is 3.71. The van der Waals surface area contributed by atoms with Gasteiger partial charge in [0.25, 0.3) is 5.91 Å². The fourth-order valence-electron chi connectivity index (χ4n) is 6.85. The van der Waals surface area contributed by atoms with Crippen LogP contribution in [0.2, 0.25) is 5.15 Å². The molecule has 2 aliphatic heterocycles. The van der Waals surface area contributed by atoms with Crippen LogP contribution in [0.25, 0.3) is 16.6 Å². The first kappa shape index (κ1) is 32.8. The first-order chi connectivity index (χ1) is 22.5. The van der Waals surface area contributed by atoms with Crippen LogP contribution < -0.4 is 19.7 Å². The summed E-state index contributed by atoms with van der Waals surface area (Å²) in [4.78, 5) is 46.8. The smallest absolute Gasteiger partial charge is 0.415 e. The Kier molecular flexibility index (Phi) is 9.21. The van der Waals surface area contributed by atoms with Gasteiger partial charge in [-0.2, -0.15) is 5.10 Å². The highest BCUT2D eigenvalue weighted by Gasteiger charge is 2.43. The van der Waals surface area contributed by atoms with E-state index in [2.05, 4.69) is 15.2 Å². The fraction of sp³-hybridized carbons (Fsp3) is 0.545. The van der Waals surface area contributed by atoms with Crippen LogP contribution in [0.3, 0.4) is 0 Å². The molecule has 0 radical (unpaired) electrons. The average molecular weight is 669 g/mol. The number of hydrogen-bond donors (Lipinski definition) is 1. The van der Waals surface area contributed by atoms with E-state index in [-0.39, 0.29) is 35.2 Å². The van der Waals surface area contributed by atoms with E-state index in [1.165, 1.54) is 18.2 Å². The van der Waals surface area contributed by atoms with Crippen LogP contribution in [-0.4, -0.2) is 96.3 Å². The number of halogens is 1. The van der Waals surface area contributed by atoms with Crippen molar-refractivity contribution in [3.05, 3.63) is 35.2 Å². The molecule has 0 bridgehead atoms. The summed E-state index contributed by atoms with van der Waals surface area (Å²) in [6, 6.07) is 5.06. The van der Waals surface area contributed by atoms with Gasteiger partial charge in [0.1, 0.15) is 34.5 Å². The van der Waals surface area contributed by atoms with Crippen molar-refractivity contribution < 1.29 is 33.3 Å². The standard InChI is InChI=1S/C33H41ClN6O7/c1-6-45-31(42)19-11-20-17-38(18-21(20)12-19)8-7-35-30(41)29-22-16-36-28(34)15-23(22)40(37-29)25-14-27-24(13-26(25)44-5)39(9-10-46-27)32(43)47-33(2,3)4/h13-16,19-21H,6-12,17-18H2,1-5H3,(H,35,41)/t19?,20-,21+. The van der Waals surface area contributed by atoms with Crippen LogP contribution in [0, 0.1) is 17.8 Å². The van der Waals surface area contributed by atoms with E-state index in [1.54, 1.807) is 22.9 Å². The van der Waals surface area contributed by atoms with Gasteiger partial charge in [0.15, 0.2) is 5.69 Å². The predicted octanol–water partition coefficient (Wildman–Crippen LogP) is 4.47. The molecular weight excluding hydrogens is 628 g/mol. The molecule has 1 saturated heterocycles. The number of carbonyl (C=O) groups excluding carboxylic acids is 3. The number of carbonyl (C=O) groups is 3. The summed E-state index contributed by atoms with van der Waals surface area (Å²) in [5, 5.41) is 8.48. The number of esters is 1. The number of rotatable bonds is 8. The number of ether oxygens (including phenoxy) is 4. The highest BCUT2D eigenvalue weighted by molar-refractivity contribution is 6.30. The Morgan fingerprint density at radius 2 is 1.85 bits per heavy atom. The largest absolute Gasteiger partial charge is 0.494 e. The van der Waals surface area contributed by atoms with Crippen molar-refractivity contribution in [2.75, 3.05) is 57.9 Å². The number of hydrogen-bond acceptors (Lipinski definition) is 10. The molecule has 13 nitrogen and oxygen atoms in total. The van der Waals surface area contributed by atoms with Gasteiger partial charge in [-0.15, -0.1) is 0 Å². The molecule has 14 heteroatoms. The number of anilines is 1. The quantitative estimate of drug-likeness (QED) is 0.270. The van der Waals surface area contributed by atoms with E-state index >= 15 is 0 Å². The minimum Gasteiger partial charge on any atom is -0.494 e. The molecule has 3 aromatic rings. The SMILES string of the molecule is CCOC(=O)C1C[C@@H]2CN(CCNC(=O)c3nn(-c4cc5c(cc4OC)N(C(=O)OC(C)(C)C)CCO5)c4cc(Cl)ncc34)C[C@@H]2C1. The summed E-state index contributed by atoms with van der Waals surface area (Å²) in [7, 11) is 1.52. The maximum atomic E-state index is 13.5. The van der Waals surface area contributed by atoms with Crippen LogP contribution in [-0.2, 0) is 14.3 Å². The van der Waals surface area contributed by atoms with Crippen LogP contribution in [0.1, 0.15) is 51.0 Å². The summed E-state index contributed by atoms with van der Waals surface area (Å²) in [6.45, 7) is 11.2. The van der Waals surface area contributed by atoms with E-state index in [0.717, 1.165) is 25.9 Å². The summed E-state index contributed by atoms with van der Waals surface area (Å²) in [5.74, 6) is 1.37. The molecular formula is C33H41ClN6O7. The molecule has 252 valence electrons. The number of methoxy groups -OCH3 is 1. The molecule has 1 aliphatic carbocycles. The zero-order chi connectivity index (χ0) is 33.5. The number of fused-ring (bicyclic) bond motifs is 3. The molecule has 2 amide bonds. The minimum absolute atomic E-state index is 0.00141. The molecule has 1 N–H and O–H groups in total. The number of nitrogens with zero attached hydrogens (tertiary/aromatic N) is 5. The van der Waals surface area contributed by atoms with Crippen LogP contribution in [0.15, 0.2) is 24.4 Å². The molecule has 2 aromatic heterocycles. The second-order valence-electron chi connectivity index (χ2n) is 13.2. The van der Waals surface area contributed by atoms with Crippen molar-refractivity contribution >= 4 is 46.2 Å². The van der Waals surface area contributed by atoms with Crippen LogP contribution >= 0.6 is 11.6 Å². The maximum absolute atomic E-state index is 13.5. The van der Waals surface area contributed by atoms with Gasteiger partial charge in [-0.1, -0.05) is 11.6 Å². The monoisotopic (exact) mass is 668 g/mol. The number of nitrogens with one attached hydrogen (secondary N) is 1. The van der Waals surface area contributed by atoms with Crippen LogP contribution in [0.5, 0.6) is 11.5 Å². The lowest BCUT2D eigenvalue weighted by molar-refractivity contribution is -0.148. The lowest BCUT2D eigenvalue weighted by Crippen LogP contribution is -2.41. The van der Waals surface area contributed by atoms with Gasteiger partial charge in [0.05, 0.1) is 42.8 Å². The van der Waals surface area contributed by atoms with E-state index < -0.39 is 11.7 Å². The van der Waals surface area contributed by atoms with Crippen molar-refractivity contribution in [3.8, 4) is 17.2 Å².